The zero-order valence-electron chi connectivity index (χ0n) is 19.8. The summed E-state index contributed by atoms with van der Waals surface area (Å²) in [6.07, 6.45) is 3.36. The van der Waals surface area contributed by atoms with E-state index in [0.29, 0.717) is 17.1 Å². The summed E-state index contributed by atoms with van der Waals surface area (Å²) in [7, 11) is 2.14. The number of nitrogens with one attached hydrogen (secondary N) is 1. The first-order valence-corrected chi connectivity index (χ1v) is 11.5. The highest BCUT2D eigenvalue weighted by Crippen LogP contribution is 2.34. The SMILES string of the molecule is CCC(Nc1nc(N)nc(C)c1C=CC(=O)O)c1cc2ccccc2nc1N1CCN(C)CC1. The summed E-state index contributed by atoms with van der Waals surface area (Å²) < 4.78 is 0. The quantitative estimate of drug-likeness (QED) is 0.455. The fourth-order valence-electron chi connectivity index (χ4n) is 4.28. The number of aromatic nitrogens is 3. The van der Waals surface area contributed by atoms with Gasteiger partial charge in [0.15, 0.2) is 0 Å². The first-order valence-electron chi connectivity index (χ1n) is 11.5. The smallest absolute Gasteiger partial charge is 0.328 e. The van der Waals surface area contributed by atoms with Crippen LogP contribution in [0, 0.1) is 6.92 Å². The average Bonchev–Trinajstić information content (AvgIpc) is 2.81. The summed E-state index contributed by atoms with van der Waals surface area (Å²) in [5.41, 5.74) is 9.20. The highest BCUT2D eigenvalue weighted by atomic mass is 16.4. The molecule has 3 aromatic rings. The monoisotopic (exact) mass is 461 g/mol. The van der Waals surface area contributed by atoms with Crippen molar-refractivity contribution in [3.8, 4) is 0 Å². The number of aliphatic carboxylic acids is 1. The molecule has 1 aliphatic rings. The van der Waals surface area contributed by atoms with E-state index in [2.05, 4.69) is 51.2 Å². The predicted molar refractivity (Wildman–Crippen MR) is 136 cm³/mol. The maximum absolute atomic E-state index is 11.1. The maximum atomic E-state index is 11.1. The number of rotatable bonds is 7. The predicted octanol–water partition coefficient (Wildman–Crippen LogP) is 3.33. The van der Waals surface area contributed by atoms with E-state index < -0.39 is 5.97 Å². The molecule has 0 bridgehead atoms. The molecule has 1 aromatic carbocycles. The number of hydrogen-bond acceptors (Lipinski definition) is 8. The number of fused-ring (bicyclic) bond motifs is 1. The van der Waals surface area contributed by atoms with Crippen molar-refractivity contribution in [2.24, 2.45) is 0 Å². The van der Waals surface area contributed by atoms with Gasteiger partial charge in [-0.1, -0.05) is 25.1 Å². The number of nitrogen functional groups attached to an aromatic ring is 1. The van der Waals surface area contributed by atoms with Crippen molar-refractivity contribution < 1.29 is 9.90 Å². The van der Waals surface area contributed by atoms with Crippen LogP contribution in [0.15, 0.2) is 36.4 Å². The van der Waals surface area contributed by atoms with Gasteiger partial charge in [0, 0.05) is 48.8 Å². The Morgan fingerprint density at radius 3 is 2.65 bits per heavy atom. The van der Waals surface area contributed by atoms with E-state index in [1.54, 1.807) is 6.92 Å². The number of aryl methyl sites for hydroxylation is 1. The van der Waals surface area contributed by atoms with Gasteiger partial charge in [-0.2, -0.15) is 4.98 Å². The van der Waals surface area contributed by atoms with Crippen molar-refractivity contribution in [3.63, 3.8) is 0 Å². The van der Waals surface area contributed by atoms with Crippen LogP contribution >= 0.6 is 0 Å². The number of likely N-dealkylation sites (N-methyl/N-ethyl adjacent to an activating group) is 1. The molecule has 1 aliphatic heterocycles. The Bertz CT molecular complexity index is 1220. The second kappa shape index (κ2) is 10.0. The number of para-hydroxylation sites is 1. The van der Waals surface area contributed by atoms with E-state index in [4.69, 9.17) is 15.8 Å². The lowest BCUT2D eigenvalue weighted by Crippen LogP contribution is -2.45. The molecule has 4 rings (SSSR count). The lowest BCUT2D eigenvalue weighted by molar-refractivity contribution is -0.131. The summed E-state index contributed by atoms with van der Waals surface area (Å²) >= 11 is 0. The Hall–Kier alpha value is -3.72. The molecule has 0 spiro atoms. The Labute approximate surface area is 199 Å². The van der Waals surface area contributed by atoms with Gasteiger partial charge in [-0.3, -0.25) is 0 Å². The number of nitrogens with two attached hydrogens (primary N) is 1. The standard InChI is InChI=1S/C25H31N7O2/c1-4-20(28-23-18(9-10-22(33)34)16(2)27-25(26)30-23)19-15-17-7-5-6-8-21(17)29-24(19)32-13-11-31(3)12-14-32/h5-10,15,20H,4,11-14H2,1-3H3,(H,33,34)(H3,26,27,28,30). The molecule has 1 fully saturated rings. The number of anilines is 3. The van der Waals surface area contributed by atoms with Crippen LogP contribution in [0.1, 0.15) is 36.2 Å². The maximum Gasteiger partial charge on any atom is 0.328 e. The molecule has 1 unspecified atom stereocenters. The number of benzene rings is 1. The van der Waals surface area contributed by atoms with E-state index in [9.17, 15) is 4.79 Å². The third-order valence-electron chi connectivity index (χ3n) is 6.18. The number of carboxylic acid groups (broad SMARTS) is 1. The van der Waals surface area contributed by atoms with Crippen LogP contribution < -0.4 is 16.0 Å². The van der Waals surface area contributed by atoms with Crippen LogP contribution in [0.25, 0.3) is 17.0 Å². The fraction of sp³-hybridized carbons (Fsp3) is 0.360. The van der Waals surface area contributed by atoms with E-state index in [-0.39, 0.29) is 12.0 Å². The molecule has 2 aromatic heterocycles. The lowest BCUT2D eigenvalue weighted by atomic mass is 10.0. The normalized spacial score (nSPS) is 15.7. The van der Waals surface area contributed by atoms with Crippen LogP contribution in [0.2, 0.25) is 0 Å². The first-order chi connectivity index (χ1) is 16.4. The molecule has 9 nitrogen and oxygen atoms in total. The highest BCUT2D eigenvalue weighted by molar-refractivity contribution is 5.87. The van der Waals surface area contributed by atoms with Crippen LogP contribution in [-0.2, 0) is 4.79 Å². The minimum atomic E-state index is -1.04. The van der Waals surface area contributed by atoms with Gasteiger partial charge in [0.1, 0.15) is 11.6 Å². The van der Waals surface area contributed by atoms with Crippen LogP contribution in [0.5, 0.6) is 0 Å². The molecule has 4 N–H and O–H groups in total. The molecule has 1 atom stereocenters. The number of pyridine rings is 1. The molecule has 178 valence electrons. The minimum absolute atomic E-state index is 0.113. The van der Waals surface area contributed by atoms with Crippen molar-refractivity contribution in [3.05, 3.63) is 53.2 Å². The van der Waals surface area contributed by atoms with Gasteiger partial charge in [-0.05, 0) is 38.6 Å². The number of piperazine rings is 1. The summed E-state index contributed by atoms with van der Waals surface area (Å²) in [6, 6.07) is 10.2. The first kappa shape index (κ1) is 23.4. The zero-order chi connectivity index (χ0) is 24.2. The van der Waals surface area contributed by atoms with Gasteiger partial charge in [-0.25, -0.2) is 14.8 Å². The number of carboxylic acids is 1. The van der Waals surface area contributed by atoms with E-state index >= 15 is 0 Å². The average molecular weight is 462 g/mol. The molecule has 34 heavy (non-hydrogen) atoms. The third kappa shape index (κ3) is 5.09. The van der Waals surface area contributed by atoms with Crippen molar-refractivity contribution in [1.82, 2.24) is 19.9 Å². The molecule has 9 heteroatoms. The molecule has 0 amide bonds. The minimum Gasteiger partial charge on any atom is -0.478 e. The molecule has 0 saturated carbocycles. The van der Waals surface area contributed by atoms with E-state index in [0.717, 1.165) is 61.0 Å². The number of carbonyl (C=O) groups is 1. The number of nitrogens with zero attached hydrogens (tertiary/aromatic N) is 5. The Morgan fingerprint density at radius 1 is 1.21 bits per heavy atom. The second-order valence-electron chi connectivity index (χ2n) is 8.59. The second-order valence-corrected chi connectivity index (χ2v) is 8.59. The van der Waals surface area contributed by atoms with Crippen LogP contribution in [-0.4, -0.2) is 64.2 Å². The van der Waals surface area contributed by atoms with Crippen molar-refractivity contribution in [2.45, 2.75) is 26.3 Å². The summed E-state index contributed by atoms with van der Waals surface area (Å²) in [6.45, 7) is 7.65. The molecule has 0 radical (unpaired) electrons. The lowest BCUT2D eigenvalue weighted by Gasteiger charge is -2.35. The van der Waals surface area contributed by atoms with Crippen molar-refractivity contribution in [2.75, 3.05) is 49.2 Å². The summed E-state index contributed by atoms with van der Waals surface area (Å²) in [5, 5.41) is 13.7. The number of hydrogen-bond donors (Lipinski definition) is 3. The van der Waals surface area contributed by atoms with Crippen LogP contribution in [0.4, 0.5) is 17.6 Å². The molecule has 3 heterocycles. The van der Waals surface area contributed by atoms with E-state index in [1.165, 1.54) is 6.08 Å². The van der Waals surface area contributed by atoms with Gasteiger partial charge in [-0.15, -0.1) is 0 Å². The van der Waals surface area contributed by atoms with Crippen molar-refractivity contribution >= 4 is 40.5 Å². The molecular weight excluding hydrogens is 430 g/mol. The van der Waals surface area contributed by atoms with Crippen molar-refractivity contribution in [1.29, 1.82) is 0 Å². The molecule has 0 aliphatic carbocycles. The topological polar surface area (TPSA) is 120 Å². The van der Waals surface area contributed by atoms with Crippen LogP contribution in [0.3, 0.4) is 0 Å². The van der Waals surface area contributed by atoms with Gasteiger partial charge < -0.3 is 26.0 Å². The molecular formula is C25H31N7O2. The zero-order valence-corrected chi connectivity index (χ0v) is 19.8. The fourth-order valence-corrected chi connectivity index (χ4v) is 4.28. The highest BCUT2D eigenvalue weighted by Gasteiger charge is 2.24. The van der Waals surface area contributed by atoms with Gasteiger partial charge >= 0.3 is 5.97 Å². The largest absolute Gasteiger partial charge is 0.478 e. The van der Waals surface area contributed by atoms with E-state index in [1.807, 2.05) is 18.2 Å². The summed E-state index contributed by atoms with van der Waals surface area (Å²) in [4.78, 5) is 29.5. The molecule has 1 saturated heterocycles. The van der Waals surface area contributed by atoms with Gasteiger partial charge in [0.05, 0.1) is 17.3 Å². The Balaban J connectivity index is 1.78. The Morgan fingerprint density at radius 2 is 1.94 bits per heavy atom. The summed E-state index contributed by atoms with van der Waals surface area (Å²) in [5.74, 6) is 0.572. The third-order valence-corrected chi connectivity index (χ3v) is 6.18. The van der Waals surface area contributed by atoms with Gasteiger partial charge in [0.2, 0.25) is 5.95 Å². The van der Waals surface area contributed by atoms with Gasteiger partial charge in [0.25, 0.3) is 0 Å². The Kier molecular flexibility index (Phi) is 6.93.